The van der Waals surface area contributed by atoms with Crippen molar-refractivity contribution in [1.29, 1.82) is 0 Å². The molecular weight excluding hydrogens is 375 g/mol. The van der Waals surface area contributed by atoms with Gasteiger partial charge in [-0.25, -0.2) is 4.79 Å². The standard InChI is InChI=1S/C18H22F3N5O2/c1-28-14-4-2-12(3-5-14)6-8-22-17(27)23-11-16-25-24-15-10-13(18(19,20)21)7-9-26(15)16/h2-5,13H,6-11H2,1H3,(H2,22,23,27)/t13-/m0/s1. The van der Waals surface area contributed by atoms with Crippen molar-refractivity contribution >= 4 is 6.03 Å². The number of benzene rings is 1. The van der Waals surface area contributed by atoms with Crippen LogP contribution >= 0.6 is 0 Å². The van der Waals surface area contributed by atoms with E-state index >= 15 is 0 Å². The topological polar surface area (TPSA) is 81.1 Å². The Balaban J connectivity index is 1.43. The summed E-state index contributed by atoms with van der Waals surface area (Å²) in [5, 5.41) is 13.2. The van der Waals surface area contributed by atoms with E-state index < -0.39 is 12.1 Å². The molecule has 2 aromatic rings. The first-order valence-corrected chi connectivity index (χ1v) is 8.99. The van der Waals surface area contributed by atoms with Gasteiger partial charge in [-0.3, -0.25) is 0 Å². The van der Waals surface area contributed by atoms with E-state index in [4.69, 9.17) is 4.74 Å². The Morgan fingerprint density at radius 2 is 2.00 bits per heavy atom. The molecule has 0 unspecified atom stereocenters. The number of ether oxygens (including phenoxy) is 1. The summed E-state index contributed by atoms with van der Waals surface area (Å²) in [6, 6.07) is 7.19. The average molecular weight is 397 g/mol. The number of rotatable bonds is 6. The van der Waals surface area contributed by atoms with Crippen LogP contribution in [0.4, 0.5) is 18.0 Å². The zero-order chi connectivity index (χ0) is 20.1. The average Bonchev–Trinajstić information content (AvgIpc) is 3.08. The molecule has 2 heterocycles. The SMILES string of the molecule is COc1ccc(CCNC(=O)NCc2nnc3n2CC[C@H](C(F)(F)F)C3)cc1. The molecule has 1 aliphatic heterocycles. The lowest BCUT2D eigenvalue weighted by Crippen LogP contribution is -2.37. The molecular formula is C18H22F3N5O2. The second-order valence-electron chi connectivity index (χ2n) is 6.62. The smallest absolute Gasteiger partial charge is 0.392 e. The molecule has 1 aromatic heterocycles. The number of halogens is 3. The molecule has 0 aliphatic carbocycles. The number of carbonyl (C=O) groups excluding carboxylic acids is 1. The van der Waals surface area contributed by atoms with E-state index in [0.717, 1.165) is 11.3 Å². The maximum atomic E-state index is 12.8. The first-order chi connectivity index (χ1) is 13.4. The lowest BCUT2D eigenvalue weighted by molar-refractivity contribution is -0.179. The van der Waals surface area contributed by atoms with Crippen LogP contribution in [0.5, 0.6) is 5.75 Å². The van der Waals surface area contributed by atoms with Crippen molar-refractivity contribution in [3.8, 4) is 5.75 Å². The summed E-state index contributed by atoms with van der Waals surface area (Å²) in [6.07, 6.45) is -3.74. The molecule has 28 heavy (non-hydrogen) atoms. The Labute approximate surface area is 160 Å². The van der Waals surface area contributed by atoms with Gasteiger partial charge in [0.25, 0.3) is 0 Å². The molecule has 10 heteroatoms. The monoisotopic (exact) mass is 397 g/mol. The Morgan fingerprint density at radius 1 is 1.25 bits per heavy atom. The van der Waals surface area contributed by atoms with Crippen molar-refractivity contribution in [3.63, 3.8) is 0 Å². The van der Waals surface area contributed by atoms with Gasteiger partial charge in [0.2, 0.25) is 0 Å². The Hall–Kier alpha value is -2.78. The van der Waals surface area contributed by atoms with Crippen molar-refractivity contribution in [2.45, 2.75) is 38.5 Å². The Bertz CT molecular complexity index is 805. The molecule has 0 radical (unpaired) electrons. The van der Waals surface area contributed by atoms with Crippen LogP contribution in [0.15, 0.2) is 24.3 Å². The summed E-state index contributed by atoms with van der Waals surface area (Å²) < 4.78 is 45.3. The molecule has 7 nitrogen and oxygen atoms in total. The lowest BCUT2D eigenvalue weighted by atomic mass is 9.97. The first-order valence-electron chi connectivity index (χ1n) is 8.99. The molecule has 3 rings (SSSR count). The van der Waals surface area contributed by atoms with Crippen LogP contribution in [0.3, 0.4) is 0 Å². The second-order valence-corrected chi connectivity index (χ2v) is 6.62. The van der Waals surface area contributed by atoms with Gasteiger partial charge in [-0.05, 0) is 30.5 Å². The van der Waals surface area contributed by atoms with E-state index in [1.54, 1.807) is 11.7 Å². The predicted octanol–water partition coefficient (Wildman–Crippen LogP) is 2.45. The zero-order valence-corrected chi connectivity index (χ0v) is 15.4. The van der Waals surface area contributed by atoms with Gasteiger partial charge >= 0.3 is 12.2 Å². The zero-order valence-electron chi connectivity index (χ0n) is 15.4. The number of fused-ring (bicyclic) bond motifs is 1. The fourth-order valence-electron chi connectivity index (χ4n) is 3.13. The fraction of sp³-hybridized carbons (Fsp3) is 0.500. The fourth-order valence-corrected chi connectivity index (χ4v) is 3.13. The van der Waals surface area contributed by atoms with Gasteiger partial charge < -0.3 is 19.9 Å². The van der Waals surface area contributed by atoms with Crippen LogP contribution in [-0.4, -0.2) is 40.6 Å². The highest BCUT2D eigenvalue weighted by atomic mass is 19.4. The minimum atomic E-state index is -4.22. The third-order valence-corrected chi connectivity index (χ3v) is 4.76. The van der Waals surface area contributed by atoms with Crippen LogP contribution in [0.25, 0.3) is 0 Å². The summed E-state index contributed by atoms with van der Waals surface area (Å²) >= 11 is 0. The van der Waals surface area contributed by atoms with E-state index in [0.29, 0.717) is 24.6 Å². The number of urea groups is 1. The molecule has 2 amide bonds. The molecule has 0 saturated carbocycles. The number of hydrogen-bond donors (Lipinski definition) is 2. The van der Waals surface area contributed by atoms with E-state index in [2.05, 4.69) is 20.8 Å². The van der Waals surface area contributed by atoms with Crippen LogP contribution in [0.1, 0.15) is 23.6 Å². The van der Waals surface area contributed by atoms with Crippen LogP contribution < -0.4 is 15.4 Å². The Morgan fingerprint density at radius 3 is 2.68 bits per heavy atom. The van der Waals surface area contributed by atoms with Crippen molar-refractivity contribution in [2.75, 3.05) is 13.7 Å². The molecule has 1 aromatic carbocycles. The van der Waals surface area contributed by atoms with E-state index in [1.165, 1.54) is 0 Å². The normalized spacial score (nSPS) is 16.4. The second kappa shape index (κ2) is 8.49. The van der Waals surface area contributed by atoms with Gasteiger partial charge in [0, 0.05) is 19.5 Å². The van der Waals surface area contributed by atoms with Crippen LogP contribution in [0, 0.1) is 5.92 Å². The van der Waals surface area contributed by atoms with Gasteiger partial charge in [0.05, 0.1) is 19.6 Å². The number of alkyl halides is 3. The molecule has 0 saturated heterocycles. The number of methoxy groups -OCH3 is 1. The number of amides is 2. The summed E-state index contributed by atoms with van der Waals surface area (Å²) in [5.74, 6) is 0.158. The van der Waals surface area contributed by atoms with Crippen molar-refractivity contribution in [3.05, 3.63) is 41.5 Å². The quantitative estimate of drug-likeness (QED) is 0.785. The molecule has 0 spiro atoms. The number of hydrogen-bond acceptors (Lipinski definition) is 4. The maximum absolute atomic E-state index is 12.8. The molecule has 1 aliphatic rings. The van der Waals surface area contributed by atoms with Crippen molar-refractivity contribution < 1.29 is 22.7 Å². The van der Waals surface area contributed by atoms with Gasteiger partial charge in [-0.2, -0.15) is 13.2 Å². The first kappa shape index (κ1) is 20.0. The van der Waals surface area contributed by atoms with Crippen molar-refractivity contribution in [1.82, 2.24) is 25.4 Å². The number of nitrogens with zero attached hydrogens (tertiary/aromatic N) is 3. The largest absolute Gasteiger partial charge is 0.497 e. The summed E-state index contributed by atoms with van der Waals surface area (Å²) in [5.41, 5.74) is 1.06. The number of carbonyl (C=O) groups is 1. The summed E-state index contributed by atoms with van der Waals surface area (Å²) in [7, 11) is 1.60. The third kappa shape index (κ3) is 4.93. The molecule has 0 fully saturated rings. The van der Waals surface area contributed by atoms with Crippen LogP contribution in [0.2, 0.25) is 0 Å². The molecule has 0 bridgehead atoms. The van der Waals surface area contributed by atoms with Gasteiger partial charge in [-0.15, -0.1) is 10.2 Å². The highest BCUT2D eigenvalue weighted by molar-refractivity contribution is 5.73. The highest BCUT2D eigenvalue weighted by Crippen LogP contribution is 2.34. The molecule has 2 N–H and O–H groups in total. The van der Waals surface area contributed by atoms with Crippen LogP contribution in [-0.2, 0) is 25.9 Å². The maximum Gasteiger partial charge on any atom is 0.392 e. The van der Waals surface area contributed by atoms with Gasteiger partial charge in [0.15, 0.2) is 5.82 Å². The third-order valence-electron chi connectivity index (χ3n) is 4.76. The Kier molecular flexibility index (Phi) is 6.05. The van der Waals surface area contributed by atoms with Crippen molar-refractivity contribution in [2.24, 2.45) is 5.92 Å². The number of aromatic nitrogens is 3. The summed E-state index contributed by atoms with van der Waals surface area (Å²) in [4.78, 5) is 11.9. The summed E-state index contributed by atoms with van der Waals surface area (Å²) in [6.45, 7) is 0.754. The number of nitrogens with one attached hydrogen (secondary N) is 2. The minimum absolute atomic E-state index is 0.00437. The molecule has 152 valence electrons. The predicted molar refractivity (Wildman–Crippen MR) is 94.8 cm³/mol. The van der Waals surface area contributed by atoms with E-state index in [-0.39, 0.29) is 32.0 Å². The van der Waals surface area contributed by atoms with E-state index in [9.17, 15) is 18.0 Å². The minimum Gasteiger partial charge on any atom is -0.497 e. The van der Waals surface area contributed by atoms with Gasteiger partial charge in [0.1, 0.15) is 11.6 Å². The van der Waals surface area contributed by atoms with Gasteiger partial charge in [-0.1, -0.05) is 12.1 Å². The lowest BCUT2D eigenvalue weighted by Gasteiger charge is -2.25. The highest BCUT2D eigenvalue weighted by Gasteiger charge is 2.42. The molecule has 1 atom stereocenters. The van der Waals surface area contributed by atoms with E-state index in [1.807, 2.05) is 24.3 Å².